The Balaban J connectivity index is 1.45. The molecule has 0 spiro atoms. The van der Waals surface area contributed by atoms with Crippen molar-refractivity contribution in [2.75, 3.05) is 23.4 Å². The number of nitrogens with zero attached hydrogens (tertiary/aromatic N) is 1. The lowest BCUT2D eigenvalue weighted by Crippen LogP contribution is -2.39. The molecule has 1 N–H and O–H groups in total. The number of halogens is 1. The van der Waals surface area contributed by atoms with Gasteiger partial charge in [-0.2, -0.15) is 0 Å². The van der Waals surface area contributed by atoms with Crippen molar-refractivity contribution in [3.05, 3.63) is 51.2 Å². The molecule has 1 aromatic carbocycles. The summed E-state index contributed by atoms with van der Waals surface area (Å²) in [7, 11) is 0. The van der Waals surface area contributed by atoms with Gasteiger partial charge in [-0.15, -0.1) is 23.1 Å². The molecule has 0 bridgehead atoms. The fourth-order valence-electron chi connectivity index (χ4n) is 2.89. The van der Waals surface area contributed by atoms with Crippen LogP contribution in [-0.2, 0) is 16.0 Å². The number of carbonyl (C=O) groups excluding carboxylic acids is 2. The van der Waals surface area contributed by atoms with Crippen molar-refractivity contribution in [3.63, 3.8) is 0 Å². The number of carbonyl (C=O) groups is 2. The highest BCUT2D eigenvalue weighted by Gasteiger charge is 2.28. The number of hydrogen-bond donors (Lipinski definition) is 1. The maximum atomic E-state index is 12.5. The van der Waals surface area contributed by atoms with Crippen LogP contribution in [0.25, 0.3) is 0 Å². The van der Waals surface area contributed by atoms with Gasteiger partial charge < -0.3 is 10.2 Å². The van der Waals surface area contributed by atoms with Crippen LogP contribution in [0.15, 0.2) is 35.7 Å². The van der Waals surface area contributed by atoms with Crippen LogP contribution in [0.2, 0.25) is 5.02 Å². The van der Waals surface area contributed by atoms with Gasteiger partial charge in [0.25, 0.3) is 0 Å². The van der Waals surface area contributed by atoms with Gasteiger partial charge in [-0.1, -0.05) is 11.6 Å². The molecule has 4 nitrogen and oxygen atoms in total. The number of rotatable bonds is 5. The molecule has 1 aliphatic rings. The number of thioether (sulfide) groups is 1. The van der Waals surface area contributed by atoms with Crippen molar-refractivity contribution >= 4 is 52.2 Å². The quantitative estimate of drug-likeness (QED) is 0.825. The first-order valence-corrected chi connectivity index (χ1v) is 10.4. The van der Waals surface area contributed by atoms with Gasteiger partial charge in [0.15, 0.2) is 0 Å². The molecule has 1 aliphatic heterocycles. The molecule has 1 atom stereocenters. The summed E-state index contributed by atoms with van der Waals surface area (Å²) in [6.07, 6.45) is 0.921. The average molecular weight is 395 g/mol. The summed E-state index contributed by atoms with van der Waals surface area (Å²) in [5.74, 6) is 0.540. The normalized spacial score (nSPS) is 16.4. The standard InChI is InChI=1S/C18H19ClN2O2S2/c1-12-15-7-9-25-16(15)6-8-21(12)18(23)11-24-10-17(22)20-14-4-2-13(19)3-5-14/h2-5,7,9,12H,6,8,10-11H2,1H3,(H,20,22)/t12-/m0/s1. The number of anilines is 1. The Bertz CT molecular complexity index is 761. The zero-order chi connectivity index (χ0) is 17.8. The molecule has 2 amide bonds. The van der Waals surface area contributed by atoms with Crippen molar-refractivity contribution in [1.29, 1.82) is 0 Å². The molecule has 0 unspecified atom stereocenters. The van der Waals surface area contributed by atoms with E-state index in [0.29, 0.717) is 16.5 Å². The summed E-state index contributed by atoms with van der Waals surface area (Å²) in [4.78, 5) is 27.7. The van der Waals surface area contributed by atoms with Gasteiger partial charge in [-0.3, -0.25) is 9.59 Å². The second-order valence-electron chi connectivity index (χ2n) is 5.86. The van der Waals surface area contributed by atoms with E-state index in [-0.39, 0.29) is 23.6 Å². The molecular formula is C18H19ClN2O2S2. The Morgan fingerprint density at radius 2 is 2.04 bits per heavy atom. The Labute approximate surface area is 160 Å². The van der Waals surface area contributed by atoms with Crippen LogP contribution < -0.4 is 5.32 Å². The molecule has 0 aliphatic carbocycles. The second kappa shape index (κ2) is 8.25. The third-order valence-electron chi connectivity index (χ3n) is 4.18. The van der Waals surface area contributed by atoms with Crippen LogP contribution in [0.5, 0.6) is 0 Å². The number of hydrogen-bond acceptors (Lipinski definition) is 4. The lowest BCUT2D eigenvalue weighted by Gasteiger charge is -2.33. The van der Waals surface area contributed by atoms with E-state index < -0.39 is 0 Å². The first-order valence-electron chi connectivity index (χ1n) is 8.03. The van der Waals surface area contributed by atoms with Gasteiger partial charge in [0.05, 0.1) is 17.5 Å². The third-order valence-corrected chi connectivity index (χ3v) is 6.35. The van der Waals surface area contributed by atoms with Crippen LogP contribution in [0.3, 0.4) is 0 Å². The molecular weight excluding hydrogens is 376 g/mol. The monoisotopic (exact) mass is 394 g/mol. The molecule has 0 saturated carbocycles. The fourth-order valence-corrected chi connectivity index (χ4v) is 4.68. The Morgan fingerprint density at radius 1 is 1.28 bits per heavy atom. The zero-order valence-electron chi connectivity index (χ0n) is 13.8. The maximum Gasteiger partial charge on any atom is 0.234 e. The van der Waals surface area contributed by atoms with E-state index in [2.05, 4.69) is 23.7 Å². The number of thiophene rings is 1. The van der Waals surface area contributed by atoms with E-state index in [1.165, 1.54) is 22.2 Å². The van der Waals surface area contributed by atoms with E-state index >= 15 is 0 Å². The fraction of sp³-hybridized carbons (Fsp3) is 0.333. The van der Waals surface area contributed by atoms with E-state index in [1.54, 1.807) is 35.6 Å². The molecule has 0 radical (unpaired) electrons. The van der Waals surface area contributed by atoms with E-state index in [1.807, 2.05) is 4.90 Å². The molecule has 2 aromatic rings. The molecule has 132 valence electrons. The minimum absolute atomic E-state index is 0.0913. The first-order chi connectivity index (χ1) is 12.0. The van der Waals surface area contributed by atoms with Crippen LogP contribution in [-0.4, -0.2) is 34.8 Å². The van der Waals surface area contributed by atoms with Gasteiger partial charge in [0.2, 0.25) is 11.8 Å². The zero-order valence-corrected chi connectivity index (χ0v) is 16.2. The number of nitrogens with one attached hydrogen (secondary N) is 1. The van der Waals surface area contributed by atoms with Gasteiger partial charge in [-0.05, 0) is 54.6 Å². The minimum Gasteiger partial charge on any atom is -0.335 e. The summed E-state index contributed by atoms with van der Waals surface area (Å²) in [5, 5.41) is 5.51. The highest BCUT2D eigenvalue weighted by Crippen LogP contribution is 2.33. The third kappa shape index (κ3) is 4.57. The summed E-state index contributed by atoms with van der Waals surface area (Å²) < 4.78 is 0. The molecule has 2 heterocycles. The number of benzene rings is 1. The average Bonchev–Trinajstić information content (AvgIpc) is 3.07. The SMILES string of the molecule is C[C@H]1c2ccsc2CCN1C(=O)CSCC(=O)Nc1ccc(Cl)cc1. The van der Waals surface area contributed by atoms with Crippen LogP contribution in [0, 0.1) is 0 Å². The van der Waals surface area contributed by atoms with Crippen LogP contribution in [0.1, 0.15) is 23.4 Å². The van der Waals surface area contributed by atoms with Gasteiger partial charge in [0, 0.05) is 22.1 Å². The Morgan fingerprint density at radius 3 is 2.80 bits per heavy atom. The molecule has 7 heteroatoms. The molecule has 0 fully saturated rings. The highest BCUT2D eigenvalue weighted by atomic mass is 35.5. The van der Waals surface area contributed by atoms with E-state index in [9.17, 15) is 9.59 Å². The lowest BCUT2D eigenvalue weighted by molar-refractivity contribution is -0.130. The summed E-state index contributed by atoms with van der Waals surface area (Å²) >= 11 is 8.92. The summed E-state index contributed by atoms with van der Waals surface area (Å²) in [6.45, 7) is 2.82. The van der Waals surface area contributed by atoms with E-state index in [0.717, 1.165) is 13.0 Å². The number of fused-ring (bicyclic) bond motifs is 1. The van der Waals surface area contributed by atoms with Gasteiger partial charge in [0.1, 0.15) is 0 Å². The Hall–Kier alpha value is -1.50. The second-order valence-corrected chi connectivity index (χ2v) is 8.28. The van der Waals surface area contributed by atoms with Crippen LogP contribution in [0.4, 0.5) is 5.69 Å². The molecule has 0 saturated heterocycles. The molecule has 1 aromatic heterocycles. The van der Waals surface area contributed by atoms with E-state index in [4.69, 9.17) is 11.6 Å². The molecule has 3 rings (SSSR count). The lowest BCUT2D eigenvalue weighted by atomic mass is 10.0. The van der Waals surface area contributed by atoms with Crippen LogP contribution >= 0.6 is 34.7 Å². The highest BCUT2D eigenvalue weighted by molar-refractivity contribution is 8.00. The summed E-state index contributed by atoms with van der Waals surface area (Å²) in [6, 6.07) is 9.19. The van der Waals surface area contributed by atoms with Gasteiger partial charge >= 0.3 is 0 Å². The predicted molar refractivity (Wildman–Crippen MR) is 106 cm³/mol. The Kier molecular flexibility index (Phi) is 6.04. The topological polar surface area (TPSA) is 49.4 Å². The van der Waals surface area contributed by atoms with Crippen molar-refractivity contribution in [2.45, 2.75) is 19.4 Å². The molecule has 25 heavy (non-hydrogen) atoms. The van der Waals surface area contributed by atoms with Crippen molar-refractivity contribution < 1.29 is 9.59 Å². The van der Waals surface area contributed by atoms with Crippen molar-refractivity contribution in [2.24, 2.45) is 0 Å². The maximum absolute atomic E-state index is 12.5. The minimum atomic E-state index is -0.119. The largest absolute Gasteiger partial charge is 0.335 e. The van der Waals surface area contributed by atoms with Crippen molar-refractivity contribution in [1.82, 2.24) is 4.90 Å². The summed E-state index contributed by atoms with van der Waals surface area (Å²) in [5.41, 5.74) is 1.96. The smallest absolute Gasteiger partial charge is 0.234 e. The van der Waals surface area contributed by atoms with Gasteiger partial charge in [-0.25, -0.2) is 0 Å². The predicted octanol–water partition coefficient (Wildman–Crippen LogP) is 4.22. The number of amides is 2. The van der Waals surface area contributed by atoms with Crippen molar-refractivity contribution in [3.8, 4) is 0 Å². The first kappa shape index (κ1) is 18.3.